The Kier molecular flexibility index (Phi) is 4.24. The standard InChI is InChI=1S/C16H17ClN4O/c1-10(2)6-7-18-15-13-14(11-4-3-5-12(17)8-11)21-22-16(13)20-9-19-15/h3-5,8-10H,6-7H2,1-2H3,(H,18,19,20). The van der Waals surface area contributed by atoms with Gasteiger partial charge in [0.25, 0.3) is 5.71 Å². The van der Waals surface area contributed by atoms with Crippen LogP contribution in [0.2, 0.25) is 5.02 Å². The van der Waals surface area contributed by atoms with Crippen molar-refractivity contribution in [1.82, 2.24) is 15.1 Å². The molecule has 114 valence electrons. The van der Waals surface area contributed by atoms with E-state index in [2.05, 4.69) is 34.3 Å². The van der Waals surface area contributed by atoms with E-state index in [1.165, 1.54) is 6.33 Å². The lowest BCUT2D eigenvalue weighted by atomic mass is 10.1. The zero-order valence-electron chi connectivity index (χ0n) is 12.5. The molecular weight excluding hydrogens is 300 g/mol. The van der Waals surface area contributed by atoms with Crippen LogP contribution in [0.4, 0.5) is 5.82 Å². The van der Waals surface area contributed by atoms with E-state index in [4.69, 9.17) is 16.1 Å². The third-order valence-electron chi connectivity index (χ3n) is 3.38. The molecule has 0 unspecified atom stereocenters. The summed E-state index contributed by atoms with van der Waals surface area (Å²) < 4.78 is 5.33. The average molecular weight is 317 g/mol. The minimum absolute atomic E-state index is 0.469. The lowest BCUT2D eigenvalue weighted by Crippen LogP contribution is -2.06. The second kappa shape index (κ2) is 6.32. The van der Waals surface area contributed by atoms with Crippen molar-refractivity contribution in [3.8, 4) is 11.3 Å². The molecule has 1 N–H and O–H groups in total. The van der Waals surface area contributed by atoms with Crippen LogP contribution in [-0.4, -0.2) is 21.7 Å². The first-order valence-corrected chi connectivity index (χ1v) is 7.63. The molecule has 1 aromatic carbocycles. The fourth-order valence-corrected chi connectivity index (χ4v) is 2.42. The van der Waals surface area contributed by atoms with Gasteiger partial charge in [-0.2, -0.15) is 4.98 Å². The summed E-state index contributed by atoms with van der Waals surface area (Å²) in [5, 5.41) is 8.92. The van der Waals surface area contributed by atoms with Crippen LogP contribution in [0.3, 0.4) is 0 Å². The summed E-state index contributed by atoms with van der Waals surface area (Å²) in [6, 6.07) is 7.50. The van der Waals surface area contributed by atoms with Crippen LogP contribution < -0.4 is 5.32 Å². The van der Waals surface area contributed by atoms with Gasteiger partial charge in [-0.25, -0.2) is 4.98 Å². The number of halogens is 1. The van der Waals surface area contributed by atoms with Crippen LogP contribution in [0.15, 0.2) is 35.1 Å². The highest BCUT2D eigenvalue weighted by Gasteiger charge is 2.16. The molecule has 0 amide bonds. The number of anilines is 1. The molecule has 0 saturated carbocycles. The Morgan fingerprint density at radius 2 is 2.14 bits per heavy atom. The van der Waals surface area contributed by atoms with Crippen molar-refractivity contribution >= 4 is 28.5 Å². The number of aromatic nitrogens is 3. The quantitative estimate of drug-likeness (QED) is 0.756. The molecule has 22 heavy (non-hydrogen) atoms. The fraction of sp³-hybridized carbons (Fsp3) is 0.312. The Morgan fingerprint density at radius 3 is 2.91 bits per heavy atom. The summed E-state index contributed by atoms with van der Waals surface area (Å²) in [5.74, 6) is 1.36. The number of fused-ring (bicyclic) bond motifs is 1. The van der Waals surface area contributed by atoms with E-state index in [9.17, 15) is 0 Å². The summed E-state index contributed by atoms with van der Waals surface area (Å²) >= 11 is 6.07. The van der Waals surface area contributed by atoms with Gasteiger partial charge in [-0.1, -0.05) is 42.7 Å². The number of hydrogen-bond acceptors (Lipinski definition) is 5. The minimum Gasteiger partial charge on any atom is -0.369 e. The molecule has 3 aromatic rings. The van der Waals surface area contributed by atoms with Crippen LogP contribution in [0.5, 0.6) is 0 Å². The van der Waals surface area contributed by atoms with Crippen LogP contribution in [0, 0.1) is 5.92 Å². The van der Waals surface area contributed by atoms with E-state index in [-0.39, 0.29) is 0 Å². The second-order valence-corrected chi connectivity index (χ2v) is 5.99. The number of hydrogen-bond donors (Lipinski definition) is 1. The van der Waals surface area contributed by atoms with E-state index < -0.39 is 0 Å². The van der Waals surface area contributed by atoms with Gasteiger partial charge in [-0.05, 0) is 24.5 Å². The first-order valence-electron chi connectivity index (χ1n) is 7.25. The molecule has 0 aliphatic carbocycles. The maximum Gasteiger partial charge on any atom is 0.263 e. The Hall–Kier alpha value is -2.14. The van der Waals surface area contributed by atoms with Gasteiger partial charge in [0.1, 0.15) is 23.2 Å². The molecule has 0 bridgehead atoms. The van der Waals surface area contributed by atoms with E-state index >= 15 is 0 Å². The van der Waals surface area contributed by atoms with Crippen molar-refractivity contribution in [3.05, 3.63) is 35.6 Å². The van der Waals surface area contributed by atoms with Gasteiger partial charge in [-0.3, -0.25) is 0 Å². The molecule has 0 aliphatic rings. The fourth-order valence-electron chi connectivity index (χ4n) is 2.23. The lowest BCUT2D eigenvalue weighted by molar-refractivity contribution is 0.451. The van der Waals surface area contributed by atoms with E-state index in [0.717, 1.165) is 29.7 Å². The third kappa shape index (κ3) is 3.04. The first-order chi connectivity index (χ1) is 10.6. The van der Waals surface area contributed by atoms with Gasteiger partial charge >= 0.3 is 0 Å². The largest absolute Gasteiger partial charge is 0.369 e. The molecule has 0 atom stereocenters. The molecule has 2 heterocycles. The summed E-state index contributed by atoms with van der Waals surface area (Å²) in [5.41, 5.74) is 2.05. The summed E-state index contributed by atoms with van der Waals surface area (Å²) in [4.78, 5) is 8.47. The predicted molar refractivity (Wildman–Crippen MR) is 88.0 cm³/mol. The number of nitrogens with one attached hydrogen (secondary N) is 1. The lowest BCUT2D eigenvalue weighted by Gasteiger charge is -2.08. The summed E-state index contributed by atoms with van der Waals surface area (Å²) in [7, 11) is 0. The van der Waals surface area contributed by atoms with E-state index in [0.29, 0.717) is 22.3 Å². The molecule has 0 saturated heterocycles. The van der Waals surface area contributed by atoms with Gasteiger partial charge < -0.3 is 9.84 Å². The predicted octanol–water partition coefficient (Wildman–Crippen LogP) is 4.40. The molecule has 2 aromatic heterocycles. The van der Waals surface area contributed by atoms with Gasteiger partial charge in [0.2, 0.25) is 0 Å². The Morgan fingerprint density at radius 1 is 1.27 bits per heavy atom. The SMILES string of the molecule is CC(C)CCNc1ncnc2onc(-c3cccc(Cl)c3)c12. The van der Waals surface area contributed by atoms with Crippen molar-refractivity contribution in [2.75, 3.05) is 11.9 Å². The topological polar surface area (TPSA) is 63.8 Å². The van der Waals surface area contributed by atoms with E-state index in [1.54, 1.807) is 0 Å². The van der Waals surface area contributed by atoms with Crippen molar-refractivity contribution < 1.29 is 4.52 Å². The summed E-state index contributed by atoms with van der Waals surface area (Å²) in [6.07, 6.45) is 2.54. The molecule has 0 fully saturated rings. The van der Waals surface area contributed by atoms with Crippen molar-refractivity contribution in [2.45, 2.75) is 20.3 Å². The highest BCUT2D eigenvalue weighted by Crippen LogP contribution is 2.32. The van der Waals surface area contributed by atoms with E-state index in [1.807, 2.05) is 24.3 Å². The second-order valence-electron chi connectivity index (χ2n) is 5.55. The number of benzene rings is 1. The molecular formula is C16H17ClN4O. The number of nitrogens with zero attached hydrogens (tertiary/aromatic N) is 3. The van der Waals surface area contributed by atoms with Crippen LogP contribution >= 0.6 is 11.6 Å². The molecule has 0 aliphatic heterocycles. The molecule has 0 radical (unpaired) electrons. The molecule has 0 spiro atoms. The third-order valence-corrected chi connectivity index (χ3v) is 3.62. The highest BCUT2D eigenvalue weighted by atomic mass is 35.5. The highest BCUT2D eigenvalue weighted by molar-refractivity contribution is 6.30. The van der Waals surface area contributed by atoms with Crippen molar-refractivity contribution in [3.63, 3.8) is 0 Å². The van der Waals surface area contributed by atoms with Crippen molar-refractivity contribution in [1.29, 1.82) is 0 Å². The van der Waals surface area contributed by atoms with Gasteiger partial charge in [0.05, 0.1) is 0 Å². The Balaban J connectivity index is 2.01. The zero-order chi connectivity index (χ0) is 15.5. The van der Waals surface area contributed by atoms with Gasteiger partial charge in [0.15, 0.2) is 0 Å². The van der Waals surface area contributed by atoms with Crippen molar-refractivity contribution in [2.24, 2.45) is 5.92 Å². The molecule has 6 heteroatoms. The van der Waals surface area contributed by atoms with Crippen LogP contribution in [0.1, 0.15) is 20.3 Å². The minimum atomic E-state index is 0.469. The Labute approximate surface area is 133 Å². The van der Waals surface area contributed by atoms with Crippen LogP contribution in [0.25, 0.3) is 22.4 Å². The zero-order valence-corrected chi connectivity index (χ0v) is 13.3. The monoisotopic (exact) mass is 316 g/mol. The normalized spacial score (nSPS) is 11.3. The first kappa shape index (κ1) is 14.8. The van der Waals surface area contributed by atoms with Crippen LogP contribution in [-0.2, 0) is 0 Å². The maximum atomic E-state index is 6.07. The molecule has 5 nitrogen and oxygen atoms in total. The Bertz CT molecular complexity index is 785. The number of rotatable bonds is 5. The summed E-state index contributed by atoms with van der Waals surface area (Å²) in [6.45, 7) is 5.21. The smallest absolute Gasteiger partial charge is 0.263 e. The molecule has 3 rings (SSSR count). The maximum absolute atomic E-state index is 6.07. The average Bonchev–Trinajstić information content (AvgIpc) is 2.92. The van der Waals surface area contributed by atoms with Gasteiger partial charge in [0, 0.05) is 17.1 Å². The van der Waals surface area contributed by atoms with Gasteiger partial charge in [-0.15, -0.1) is 0 Å².